The summed E-state index contributed by atoms with van der Waals surface area (Å²) >= 11 is 0. The molecule has 0 aliphatic heterocycles. The number of nitrogens with two attached hydrogens (primary N) is 1. The molecule has 100 valence electrons. The van der Waals surface area contributed by atoms with Crippen molar-refractivity contribution in [2.24, 2.45) is 11.7 Å². The fourth-order valence-electron chi connectivity index (χ4n) is 1.72. The molecule has 1 heterocycles. The maximum Gasteiger partial charge on any atom is 0.256 e. The second-order valence-corrected chi connectivity index (χ2v) is 4.46. The fraction of sp³-hybridized carbons (Fsp3) is 0.538. The summed E-state index contributed by atoms with van der Waals surface area (Å²) in [5, 5.41) is 2.97. The summed E-state index contributed by atoms with van der Waals surface area (Å²) in [5.41, 5.74) is 6.00. The van der Waals surface area contributed by atoms with Gasteiger partial charge < -0.3 is 15.8 Å². The average molecular weight is 251 g/mol. The summed E-state index contributed by atoms with van der Waals surface area (Å²) in [7, 11) is 1.50. The van der Waals surface area contributed by atoms with Gasteiger partial charge in [0, 0.05) is 12.2 Å². The minimum absolute atomic E-state index is 0.0624. The standard InChI is InChI=1S/C13H21N3O2/c1-9(2)11(6-7-14)16-12(17)10-5-4-8-15-13(10)18-3/h4-5,8-9,11H,6-7,14H2,1-3H3,(H,16,17). The van der Waals surface area contributed by atoms with Gasteiger partial charge in [-0.15, -0.1) is 0 Å². The first kappa shape index (κ1) is 14.4. The van der Waals surface area contributed by atoms with Gasteiger partial charge in [-0.3, -0.25) is 4.79 Å². The van der Waals surface area contributed by atoms with E-state index in [4.69, 9.17) is 10.5 Å². The van der Waals surface area contributed by atoms with Gasteiger partial charge in [-0.25, -0.2) is 4.98 Å². The molecule has 1 aromatic rings. The highest BCUT2D eigenvalue weighted by Crippen LogP contribution is 2.14. The summed E-state index contributed by atoms with van der Waals surface area (Å²) in [4.78, 5) is 16.2. The molecular formula is C13H21N3O2. The van der Waals surface area contributed by atoms with Gasteiger partial charge in [-0.1, -0.05) is 13.8 Å². The summed E-state index contributed by atoms with van der Waals surface area (Å²) in [6.45, 7) is 4.66. The Morgan fingerprint density at radius 3 is 2.83 bits per heavy atom. The molecule has 3 N–H and O–H groups in total. The number of rotatable bonds is 6. The Morgan fingerprint density at radius 2 is 2.28 bits per heavy atom. The van der Waals surface area contributed by atoms with Crippen LogP contribution in [0.25, 0.3) is 0 Å². The number of hydrogen-bond donors (Lipinski definition) is 2. The van der Waals surface area contributed by atoms with Crippen molar-refractivity contribution in [3.8, 4) is 5.88 Å². The quantitative estimate of drug-likeness (QED) is 0.796. The molecule has 0 aromatic carbocycles. The number of nitrogens with zero attached hydrogens (tertiary/aromatic N) is 1. The maximum atomic E-state index is 12.1. The summed E-state index contributed by atoms with van der Waals surface area (Å²) in [6.07, 6.45) is 2.35. The second kappa shape index (κ2) is 6.96. The van der Waals surface area contributed by atoms with Gasteiger partial charge >= 0.3 is 0 Å². The zero-order valence-corrected chi connectivity index (χ0v) is 11.1. The van der Waals surface area contributed by atoms with E-state index in [0.717, 1.165) is 6.42 Å². The third-order valence-corrected chi connectivity index (χ3v) is 2.81. The summed E-state index contributed by atoms with van der Waals surface area (Å²) < 4.78 is 5.07. The van der Waals surface area contributed by atoms with E-state index >= 15 is 0 Å². The molecule has 18 heavy (non-hydrogen) atoms. The topological polar surface area (TPSA) is 77.2 Å². The predicted molar refractivity (Wildman–Crippen MR) is 70.6 cm³/mol. The number of methoxy groups -OCH3 is 1. The molecule has 0 aliphatic rings. The first-order chi connectivity index (χ1) is 8.60. The first-order valence-corrected chi connectivity index (χ1v) is 6.10. The van der Waals surface area contributed by atoms with Crippen molar-refractivity contribution in [2.45, 2.75) is 26.3 Å². The minimum Gasteiger partial charge on any atom is -0.480 e. The number of carbonyl (C=O) groups excluding carboxylic acids is 1. The Morgan fingerprint density at radius 1 is 1.56 bits per heavy atom. The van der Waals surface area contributed by atoms with Crippen molar-refractivity contribution >= 4 is 5.91 Å². The molecule has 0 fully saturated rings. The lowest BCUT2D eigenvalue weighted by atomic mass is 10.0. The number of pyridine rings is 1. The number of carbonyl (C=O) groups is 1. The number of aromatic nitrogens is 1. The van der Waals surface area contributed by atoms with E-state index in [1.54, 1.807) is 18.3 Å². The van der Waals surface area contributed by atoms with Crippen LogP contribution in [-0.4, -0.2) is 30.6 Å². The van der Waals surface area contributed by atoms with Crippen LogP contribution in [0.1, 0.15) is 30.6 Å². The van der Waals surface area contributed by atoms with Crippen LogP contribution in [0.2, 0.25) is 0 Å². The Balaban J connectivity index is 2.80. The van der Waals surface area contributed by atoms with Crippen LogP contribution in [-0.2, 0) is 0 Å². The molecule has 0 bridgehead atoms. The van der Waals surface area contributed by atoms with E-state index in [0.29, 0.717) is 23.9 Å². The van der Waals surface area contributed by atoms with Crippen LogP contribution in [0.4, 0.5) is 0 Å². The Hall–Kier alpha value is -1.62. The van der Waals surface area contributed by atoms with Crippen LogP contribution >= 0.6 is 0 Å². The van der Waals surface area contributed by atoms with Crippen molar-refractivity contribution in [2.75, 3.05) is 13.7 Å². The molecule has 1 rings (SSSR count). The van der Waals surface area contributed by atoms with Gasteiger partial charge in [0.25, 0.3) is 5.91 Å². The third-order valence-electron chi connectivity index (χ3n) is 2.81. The highest BCUT2D eigenvalue weighted by atomic mass is 16.5. The fourth-order valence-corrected chi connectivity index (χ4v) is 1.72. The zero-order chi connectivity index (χ0) is 13.5. The smallest absolute Gasteiger partial charge is 0.256 e. The van der Waals surface area contributed by atoms with Crippen LogP contribution < -0.4 is 15.8 Å². The van der Waals surface area contributed by atoms with Crippen LogP contribution in [0.5, 0.6) is 5.88 Å². The first-order valence-electron chi connectivity index (χ1n) is 6.10. The lowest BCUT2D eigenvalue weighted by molar-refractivity contribution is 0.0920. The van der Waals surface area contributed by atoms with E-state index in [1.165, 1.54) is 7.11 Å². The third kappa shape index (κ3) is 3.70. The van der Waals surface area contributed by atoms with Crippen molar-refractivity contribution in [1.82, 2.24) is 10.3 Å². The molecule has 0 aliphatic carbocycles. The molecule has 1 amide bonds. The van der Waals surface area contributed by atoms with Crippen molar-refractivity contribution in [3.05, 3.63) is 23.9 Å². The largest absolute Gasteiger partial charge is 0.480 e. The minimum atomic E-state index is -0.174. The molecule has 1 atom stereocenters. The van der Waals surface area contributed by atoms with Gasteiger partial charge in [0.2, 0.25) is 5.88 Å². The molecule has 0 radical (unpaired) electrons. The van der Waals surface area contributed by atoms with Gasteiger partial charge in [-0.2, -0.15) is 0 Å². The Bertz CT molecular complexity index is 394. The van der Waals surface area contributed by atoms with Crippen LogP contribution in [0.15, 0.2) is 18.3 Å². The molecule has 0 saturated carbocycles. The number of nitrogens with one attached hydrogen (secondary N) is 1. The zero-order valence-electron chi connectivity index (χ0n) is 11.1. The lowest BCUT2D eigenvalue weighted by Gasteiger charge is -2.22. The van der Waals surface area contributed by atoms with Crippen LogP contribution in [0.3, 0.4) is 0 Å². The van der Waals surface area contributed by atoms with E-state index in [-0.39, 0.29) is 11.9 Å². The molecule has 5 heteroatoms. The van der Waals surface area contributed by atoms with Gasteiger partial charge in [0.15, 0.2) is 0 Å². The highest BCUT2D eigenvalue weighted by molar-refractivity contribution is 5.96. The molecule has 0 spiro atoms. The van der Waals surface area contributed by atoms with Crippen LogP contribution in [0, 0.1) is 5.92 Å². The Kier molecular flexibility index (Phi) is 5.58. The molecule has 5 nitrogen and oxygen atoms in total. The van der Waals surface area contributed by atoms with E-state index in [1.807, 2.05) is 0 Å². The Labute approximate surface area is 108 Å². The molecule has 0 saturated heterocycles. The number of ether oxygens (including phenoxy) is 1. The van der Waals surface area contributed by atoms with E-state index < -0.39 is 0 Å². The van der Waals surface area contributed by atoms with Gasteiger partial charge in [0.1, 0.15) is 5.56 Å². The lowest BCUT2D eigenvalue weighted by Crippen LogP contribution is -2.40. The normalized spacial score (nSPS) is 12.3. The molecule has 1 unspecified atom stereocenters. The number of amides is 1. The van der Waals surface area contributed by atoms with Crippen molar-refractivity contribution < 1.29 is 9.53 Å². The van der Waals surface area contributed by atoms with Crippen molar-refractivity contribution in [1.29, 1.82) is 0 Å². The number of hydrogen-bond acceptors (Lipinski definition) is 4. The molecular weight excluding hydrogens is 230 g/mol. The SMILES string of the molecule is COc1ncccc1C(=O)NC(CCN)C(C)C. The van der Waals surface area contributed by atoms with Gasteiger partial charge in [0.05, 0.1) is 7.11 Å². The van der Waals surface area contributed by atoms with E-state index in [9.17, 15) is 4.79 Å². The van der Waals surface area contributed by atoms with E-state index in [2.05, 4.69) is 24.1 Å². The summed E-state index contributed by atoms with van der Waals surface area (Å²) in [6, 6.07) is 3.47. The highest BCUT2D eigenvalue weighted by Gasteiger charge is 2.19. The molecule has 1 aromatic heterocycles. The monoisotopic (exact) mass is 251 g/mol. The summed E-state index contributed by atoms with van der Waals surface area (Å²) in [5.74, 6) is 0.498. The van der Waals surface area contributed by atoms with Gasteiger partial charge in [-0.05, 0) is 31.0 Å². The average Bonchev–Trinajstić information content (AvgIpc) is 2.37. The second-order valence-electron chi connectivity index (χ2n) is 4.46. The van der Waals surface area contributed by atoms with Crippen molar-refractivity contribution in [3.63, 3.8) is 0 Å². The predicted octanol–water partition coefficient (Wildman–Crippen LogP) is 1.19. The maximum absolute atomic E-state index is 12.1.